The van der Waals surface area contributed by atoms with Gasteiger partial charge >= 0.3 is 6.18 Å². The van der Waals surface area contributed by atoms with E-state index in [-0.39, 0.29) is 28.7 Å². The second-order valence-electron chi connectivity index (χ2n) is 9.50. The maximum atomic E-state index is 13.6. The van der Waals surface area contributed by atoms with Crippen LogP contribution in [0.2, 0.25) is 5.02 Å². The highest BCUT2D eigenvalue weighted by Crippen LogP contribution is 2.35. The Hall–Kier alpha value is -3.33. The van der Waals surface area contributed by atoms with Crippen LogP contribution in [0, 0.1) is 5.92 Å². The van der Waals surface area contributed by atoms with Crippen LogP contribution in [0.3, 0.4) is 0 Å². The molecule has 6 nitrogen and oxygen atoms in total. The van der Waals surface area contributed by atoms with E-state index in [2.05, 4.69) is 27.4 Å². The normalized spacial score (nSPS) is 16.3. The fourth-order valence-electron chi connectivity index (χ4n) is 5.02. The Kier molecular flexibility index (Phi) is 7.24. The number of hydrogen-bond acceptors (Lipinski definition) is 5. The molecule has 3 aromatic rings. The van der Waals surface area contributed by atoms with E-state index >= 15 is 0 Å². The summed E-state index contributed by atoms with van der Waals surface area (Å²) in [6.45, 7) is 2.12. The van der Waals surface area contributed by atoms with Crippen LogP contribution in [-0.4, -0.2) is 47.0 Å². The second kappa shape index (κ2) is 10.6. The van der Waals surface area contributed by atoms with Gasteiger partial charge in [0, 0.05) is 37.7 Å². The molecule has 0 radical (unpaired) electrons. The van der Waals surface area contributed by atoms with Gasteiger partial charge in [-0.25, -0.2) is 9.97 Å². The SMILES string of the molecule is O=C(c1cnc2c(n1)N(Cc1cc(Cl)ccc1C(F)(F)F)CCN2)N1CCC(Cc2ccccc2)CC1. The largest absolute Gasteiger partial charge is 0.416 e. The van der Waals surface area contributed by atoms with Crippen LogP contribution >= 0.6 is 11.6 Å². The van der Waals surface area contributed by atoms with E-state index in [1.807, 2.05) is 18.2 Å². The molecule has 2 aliphatic rings. The van der Waals surface area contributed by atoms with Crippen molar-refractivity contribution in [2.45, 2.75) is 32.0 Å². The number of piperidine rings is 1. The maximum absolute atomic E-state index is 13.6. The van der Waals surface area contributed by atoms with Crippen molar-refractivity contribution in [2.24, 2.45) is 5.92 Å². The maximum Gasteiger partial charge on any atom is 0.416 e. The first kappa shape index (κ1) is 25.3. The molecule has 0 bridgehead atoms. The summed E-state index contributed by atoms with van der Waals surface area (Å²) in [5.41, 5.74) is 0.798. The van der Waals surface area contributed by atoms with Crippen molar-refractivity contribution in [1.29, 1.82) is 0 Å². The molecule has 2 aliphatic heterocycles. The van der Waals surface area contributed by atoms with Crippen LogP contribution in [-0.2, 0) is 19.1 Å². The van der Waals surface area contributed by atoms with Crippen LogP contribution in [0.1, 0.15) is 40.0 Å². The highest BCUT2D eigenvalue weighted by molar-refractivity contribution is 6.30. The standard InChI is InChI=1S/C27H27ClF3N5O/c28-21-6-7-22(27(29,30)31)20(15-21)17-36-13-10-32-24-25(36)34-23(16-33-24)26(37)35-11-8-19(9-12-35)14-18-4-2-1-3-5-18/h1-7,15-16,19H,8-14,17H2,(H,32,33). The number of benzene rings is 2. The van der Waals surface area contributed by atoms with Gasteiger partial charge in [0.05, 0.1) is 11.8 Å². The Morgan fingerprint density at radius 3 is 2.57 bits per heavy atom. The smallest absolute Gasteiger partial charge is 0.365 e. The number of amides is 1. The molecule has 37 heavy (non-hydrogen) atoms. The van der Waals surface area contributed by atoms with E-state index in [0.29, 0.717) is 43.7 Å². The molecule has 0 unspecified atom stereocenters. The molecule has 10 heteroatoms. The second-order valence-corrected chi connectivity index (χ2v) is 9.94. The predicted molar refractivity (Wildman–Crippen MR) is 137 cm³/mol. The molecule has 1 aromatic heterocycles. The molecule has 0 spiro atoms. The molecule has 1 fully saturated rings. The zero-order valence-corrected chi connectivity index (χ0v) is 20.9. The van der Waals surface area contributed by atoms with Crippen LogP contribution in [0.4, 0.5) is 24.8 Å². The van der Waals surface area contributed by atoms with E-state index in [1.165, 1.54) is 23.9 Å². The topological polar surface area (TPSA) is 61.4 Å². The number of alkyl halides is 3. The van der Waals surface area contributed by atoms with Gasteiger partial charge in [-0.05, 0) is 54.5 Å². The number of anilines is 2. The predicted octanol–water partition coefficient (Wildman–Crippen LogP) is 5.68. The number of fused-ring (bicyclic) bond motifs is 1. The Labute approximate surface area is 218 Å². The number of carbonyl (C=O) groups excluding carboxylic acids is 1. The summed E-state index contributed by atoms with van der Waals surface area (Å²) in [4.78, 5) is 25.7. The van der Waals surface area contributed by atoms with Gasteiger partial charge in [0.2, 0.25) is 0 Å². The van der Waals surface area contributed by atoms with Crippen LogP contribution in [0.5, 0.6) is 0 Å². The summed E-state index contributed by atoms with van der Waals surface area (Å²) in [6, 6.07) is 13.9. The van der Waals surface area contributed by atoms with E-state index in [1.54, 1.807) is 9.80 Å². The van der Waals surface area contributed by atoms with Crippen molar-refractivity contribution in [3.63, 3.8) is 0 Å². The molecule has 1 saturated heterocycles. The highest BCUT2D eigenvalue weighted by atomic mass is 35.5. The van der Waals surface area contributed by atoms with Gasteiger partial charge in [-0.1, -0.05) is 41.9 Å². The molecule has 0 aliphatic carbocycles. The fraction of sp³-hybridized carbons (Fsp3) is 0.370. The first-order valence-corrected chi connectivity index (χ1v) is 12.7. The Balaban J connectivity index is 1.30. The summed E-state index contributed by atoms with van der Waals surface area (Å²) < 4.78 is 40.8. The monoisotopic (exact) mass is 529 g/mol. The molecule has 1 N–H and O–H groups in total. The number of aromatic nitrogens is 2. The van der Waals surface area contributed by atoms with Crippen LogP contribution < -0.4 is 10.2 Å². The average Bonchev–Trinajstić information content (AvgIpc) is 2.89. The van der Waals surface area contributed by atoms with Crippen molar-refractivity contribution in [3.8, 4) is 0 Å². The quantitative estimate of drug-likeness (QED) is 0.461. The van der Waals surface area contributed by atoms with Crippen LogP contribution in [0.15, 0.2) is 54.7 Å². The lowest BCUT2D eigenvalue weighted by molar-refractivity contribution is -0.138. The molecule has 5 rings (SSSR count). The fourth-order valence-corrected chi connectivity index (χ4v) is 5.22. The number of carbonyl (C=O) groups is 1. The lowest BCUT2D eigenvalue weighted by atomic mass is 9.90. The third kappa shape index (κ3) is 5.82. The summed E-state index contributed by atoms with van der Waals surface area (Å²) in [5.74, 6) is 1.11. The van der Waals surface area contributed by atoms with Crippen molar-refractivity contribution in [2.75, 3.05) is 36.4 Å². The van der Waals surface area contributed by atoms with Gasteiger partial charge < -0.3 is 15.1 Å². The van der Waals surface area contributed by atoms with Gasteiger partial charge in [-0.15, -0.1) is 0 Å². The molecule has 194 valence electrons. The van der Waals surface area contributed by atoms with E-state index < -0.39 is 11.7 Å². The lowest BCUT2D eigenvalue weighted by Crippen LogP contribution is -2.40. The zero-order chi connectivity index (χ0) is 26.0. The highest BCUT2D eigenvalue weighted by Gasteiger charge is 2.34. The number of hydrogen-bond donors (Lipinski definition) is 1. The molecule has 1 amide bonds. The first-order valence-electron chi connectivity index (χ1n) is 12.3. The molecular weight excluding hydrogens is 503 g/mol. The molecule has 0 atom stereocenters. The van der Waals surface area contributed by atoms with Gasteiger partial charge in [0.15, 0.2) is 11.6 Å². The minimum Gasteiger partial charge on any atom is -0.365 e. The lowest BCUT2D eigenvalue weighted by Gasteiger charge is -2.33. The van der Waals surface area contributed by atoms with Crippen molar-refractivity contribution >= 4 is 29.1 Å². The van der Waals surface area contributed by atoms with E-state index in [0.717, 1.165) is 25.3 Å². The van der Waals surface area contributed by atoms with Gasteiger partial charge in [0.1, 0.15) is 5.69 Å². The Morgan fingerprint density at radius 2 is 1.84 bits per heavy atom. The van der Waals surface area contributed by atoms with Gasteiger partial charge in [-0.2, -0.15) is 13.2 Å². The van der Waals surface area contributed by atoms with Gasteiger partial charge in [0.25, 0.3) is 5.91 Å². The summed E-state index contributed by atoms with van der Waals surface area (Å²) >= 11 is 6.02. The minimum atomic E-state index is -4.51. The molecule has 0 saturated carbocycles. The average molecular weight is 530 g/mol. The van der Waals surface area contributed by atoms with Crippen LogP contribution in [0.25, 0.3) is 0 Å². The number of nitrogens with one attached hydrogen (secondary N) is 1. The number of halogens is 4. The van der Waals surface area contributed by atoms with Gasteiger partial charge in [-0.3, -0.25) is 4.79 Å². The molecule has 2 aromatic carbocycles. The Bertz CT molecular complexity index is 1260. The van der Waals surface area contributed by atoms with Crippen molar-refractivity contribution in [3.05, 3.63) is 82.1 Å². The Morgan fingerprint density at radius 1 is 1.08 bits per heavy atom. The van der Waals surface area contributed by atoms with Crippen molar-refractivity contribution < 1.29 is 18.0 Å². The number of rotatable bonds is 5. The first-order chi connectivity index (χ1) is 17.8. The summed E-state index contributed by atoms with van der Waals surface area (Å²) in [7, 11) is 0. The number of nitrogens with zero attached hydrogens (tertiary/aromatic N) is 4. The van der Waals surface area contributed by atoms with E-state index in [4.69, 9.17) is 11.6 Å². The summed E-state index contributed by atoms with van der Waals surface area (Å²) in [6.07, 6.45) is -0.268. The summed E-state index contributed by atoms with van der Waals surface area (Å²) in [5, 5.41) is 3.35. The molecular formula is C27H27ClF3N5O. The van der Waals surface area contributed by atoms with E-state index in [9.17, 15) is 18.0 Å². The number of likely N-dealkylation sites (tertiary alicyclic amines) is 1. The third-order valence-corrected chi connectivity index (χ3v) is 7.18. The van der Waals surface area contributed by atoms with Crippen molar-refractivity contribution in [1.82, 2.24) is 14.9 Å². The minimum absolute atomic E-state index is 0.0480. The third-order valence-electron chi connectivity index (χ3n) is 6.95. The zero-order valence-electron chi connectivity index (χ0n) is 20.1. The molecule has 3 heterocycles.